The van der Waals surface area contributed by atoms with Crippen LogP contribution in [0.4, 0.5) is 11.5 Å². The number of esters is 1. The number of aryl methyl sites for hydroxylation is 1. The Hall–Kier alpha value is -3.88. The Bertz CT molecular complexity index is 990. The zero-order chi connectivity index (χ0) is 20.1. The lowest BCUT2D eigenvalue weighted by Gasteiger charge is -2.05. The van der Waals surface area contributed by atoms with Gasteiger partial charge in [0.2, 0.25) is 0 Å². The van der Waals surface area contributed by atoms with Crippen LogP contribution in [-0.4, -0.2) is 34.2 Å². The quantitative estimate of drug-likeness (QED) is 0.633. The summed E-state index contributed by atoms with van der Waals surface area (Å²) >= 11 is 0. The molecule has 1 aromatic carbocycles. The van der Waals surface area contributed by atoms with Crippen LogP contribution in [0.2, 0.25) is 0 Å². The number of rotatable bonds is 6. The molecule has 0 saturated heterocycles. The van der Waals surface area contributed by atoms with Crippen molar-refractivity contribution in [3.05, 3.63) is 65.7 Å². The van der Waals surface area contributed by atoms with E-state index in [9.17, 15) is 14.4 Å². The summed E-state index contributed by atoms with van der Waals surface area (Å²) in [5.41, 5.74) is 0.997. The molecule has 0 radical (unpaired) electrons. The first-order valence-electron chi connectivity index (χ1n) is 8.45. The lowest BCUT2D eigenvalue weighted by atomic mass is 10.2. The molecule has 0 fully saturated rings. The fourth-order valence-electron chi connectivity index (χ4n) is 2.38. The summed E-state index contributed by atoms with van der Waals surface area (Å²) in [7, 11) is 1.60. The molecular formula is C19H18N4O5. The second-order valence-corrected chi connectivity index (χ2v) is 5.72. The van der Waals surface area contributed by atoms with Crippen molar-refractivity contribution in [1.82, 2.24) is 9.78 Å². The van der Waals surface area contributed by atoms with Crippen LogP contribution in [0.1, 0.15) is 38.3 Å². The molecule has 144 valence electrons. The Morgan fingerprint density at radius 1 is 1.11 bits per heavy atom. The number of benzene rings is 1. The van der Waals surface area contributed by atoms with Gasteiger partial charge in [-0.15, -0.1) is 0 Å². The van der Waals surface area contributed by atoms with Crippen molar-refractivity contribution in [3.63, 3.8) is 0 Å². The Balaban J connectivity index is 1.66. The molecule has 3 rings (SSSR count). The van der Waals surface area contributed by atoms with E-state index in [4.69, 9.17) is 9.15 Å². The molecule has 9 heteroatoms. The zero-order valence-electron chi connectivity index (χ0n) is 15.3. The highest BCUT2D eigenvalue weighted by molar-refractivity contribution is 6.05. The summed E-state index contributed by atoms with van der Waals surface area (Å²) in [6, 6.07) is 10.9. The molecule has 3 aromatic rings. The van der Waals surface area contributed by atoms with E-state index in [1.54, 1.807) is 44.3 Å². The molecule has 0 bridgehead atoms. The second-order valence-electron chi connectivity index (χ2n) is 5.72. The average molecular weight is 382 g/mol. The first kappa shape index (κ1) is 18.9. The SMILES string of the molecule is CCOC(=O)c1ccc(NC(=O)c2cc(NC(=O)c3ccco3)n(C)n2)cc1. The molecule has 9 nitrogen and oxygen atoms in total. The summed E-state index contributed by atoms with van der Waals surface area (Å²) in [6.45, 7) is 2.01. The first-order valence-corrected chi connectivity index (χ1v) is 8.45. The number of carbonyl (C=O) groups is 3. The van der Waals surface area contributed by atoms with Crippen LogP contribution >= 0.6 is 0 Å². The highest BCUT2D eigenvalue weighted by Gasteiger charge is 2.16. The lowest BCUT2D eigenvalue weighted by molar-refractivity contribution is 0.0526. The smallest absolute Gasteiger partial charge is 0.338 e. The van der Waals surface area contributed by atoms with E-state index in [2.05, 4.69) is 15.7 Å². The molecular weight excluding hydrogens is 364 g/mol. The molecule has 0 aliphatic carbocycles. The Kier molecular flexibility index (Phi) is 5.54. The minimum absolute atomic E-state index is 0.117. The maximum absolute atomic E-state index is 12.4. The van der Waals surface area contributed by atoms with Crippen LogP contribution < -0.4 is 10.6 Å². The third kappa shape index (κ3) is 4.26. The van der Waals surface area contributed by atoms with E-state index in [1.807, 2.05) is 0 Å². The number of hydrogen-bond acceptors (Lipinski definition) is 6. The number of hydrogen-bond donors (Lipinski definition) is 2. The topological polar surface area (TPSA) is 115 Å². The molecule has 0 saturated carbocycles. The standard InChI is InChI=1S/C19H18N4O5/c1-3-27-19(26)12-6-8-13(9-7-12)20-17(24)14-11-16(23(2)22-14)21-18(25)15-5-4-10-28-15/h4-11H,3H2,1-2H3,(H,20,24)(H,21,25). The molecule has 2 heterocycles. The summed E-state index contributed by atoms with van der Waals surface area (Å²) in [5, 5.41) is 9.40. The monoisotopic (exact) mass is 382 g/mol. The summed E-state index contributed by atoms with van der Waals surface area (Å²) in [5.74, 6) is -0.854. The van der Waals surface area contributed by atoms with Crippen molar-refractivity contribution in [3.8, 4) is 0 Å². The van der Waals surface area contributed by atoms with Crippen molar-refractivity contribution in [2.75, 3.05) is 17.2 Å². The van der Waals surface area contributed by atoms with Gasteiger partial charge in [-0.05, 0) is 43.3 Å². The highest BCUT2D eigenvalue weighted by atomic mass is 16.5. The van der Waals surface area contributed by atoms with Gasteiger partial charge in [-0.1, -0.05) is 0 Å². The Labute approximate surface area is 160 Å². The minimum atomic E-state index is -0.460. The van der Waals surface area contributed by atoms with Gasteiger partial charge in [0, 0.05) is 18.8 Å². The summed E-state index contributed by atoms with van der Waals surface area (Å²) in [6.07, 6.45) is 1.39. The van der Waals surface area contributed by atoms with Gasteiger partial charge < -0.3 is 19.8 Å². The van der Waals surface area contributed by atoms with Gasteiger partial charge in [0.05, 0.1) is 18.4 Å². The molecule has 0 aliphatic heterocycles. The van der Waals surface area contributed by atoms with E-state index in [0.29, 0.717) is 17.1 Å². The van der Waals surface area contributed by atoms with Crippen LogP contribution in [0, 0.1) is 0 Å². The number of aromatic nitrogens is 2. The van der Waals surface area contributed by atoms with E-state index in [1.165, 1.54) is 23.1 Å². The molecule has 0 unspecified atom stereocenters. The number of nitrogens with one attached hydrogen (secondary N) is 2. The number of amides is 2. The van der Waals surface area contributed by atoms with E-state index in [0.717, 1.165) is 0 Å². The number of nitrogens with zero attached hydrogens (tertiary/aromatic N) is 2. The number of anilines is 2. The highest BCUT2D eigenvalue weighted by Crippen LogP contribution is 2.15. The van der Waals surface area contributed by atoms with Crippen LogP contribution in [0.15, 0.2) is 53.1 Å². The molecule has 2 amide bonds. The fourth-order valence-corrected chi connectivity index (χ4v) is 2.38. The predicted molar refractivity (Wildman–Crippen MR) is 100 cm³/mol. The molecule has 2 N–H and O–H groups in total. The number of carbonyl (C=O) groups excluding carboxylic acids is 3. The van der Waals surface area contributed by atoms with Crippen LogP contribution in [0.25, 0.3) is 0 Å². The van der Waals surface area contributed by atoms with Gasteiger partial charge in [-0.25, -0.2) is 4.79 Å². The lowest BCUT2D eigenvalue weighted by Crippen LogP contribution is -2.13. The molecule has 0 spiro atoms. The average Bonchev–Trinajstić information content (AvgIpc) is 3.33. The first-order chi connectivity index (χ1) is 13.5. The summed E-state index contributed by atoms with van der Waals surface area (Å²) < 4.78 is 11.3. The number of ether oxygens (including phenoxy) is 1. The van der Waals surface area contributed by atoms with Gasteiger partial charge in [-0.2, -0.15) is 5.10 Å². The van der Waals surface area contributed by atoms with Gasteiger partial charge in [0.1, 0.15) is 5.82 Å². The third-order valence-electron chi connectivity index (χ3n) is 3.75. The van der Waals surface area contributed by atoms with Crippen LogP contribution in [0.5, 0.6) is 0 Å². The van der Waals surface area contributed by atoms with Crippen molar-refractivity contribution < 1.29 is 23.5 Å². The second kappa shape index (κ2) is 8.21. The predicted octanol–water partition coefficient (Wildman–Crippen LogP) is 2.69. The molecule has 2 aromatic heterocycles. The third-order valence-corrected chi connectivity index (χ3v) is 3.75. The van der Waals surface area contributed by atoms with Gasteiger partial charge in [-0.3, -0.25) is 14.3 Å². The molecule has 0 aliphatic rings. The maximum atomic E-state index is 12.4. The van der Waals surface area contributed by atoms with Crippen LogP contribution in [-0.2, 0) is 11.8 Å². The minimum Gasteiger partial charge on any atom is -0.462 e. The molecule has 28 heavy (non-hydrogen) atoms. The van der Waals surface area contributed by atoms with Gasteiger partial charge >= 0.3 is 5.97 Å². The Morgan fingerprint density at radius 3 is 2.50 bits per heavy atom. The van der Waals surface area contributed by atoms with E-state index < -0.39 is 17.8 Å². The van der Waals surface area contributed by atoms with E-state index >= 15 is 0 Å². The van der Waals surface area contributed by atoms with Crippen LogP contribution in [0.3, 0.4) is 0 Å². The maximum Gasteiger partial charge on any atom is 0.338 e. The normalized spacial score (nSPS) is 10.4. The van der Waals surface area contributed by atoms with E-state index in [-0.39, 0.29) is 18.1 Å². The van der Waals surface area contributed by atoms with Crippen molar-refractivity contribution in [2.45, 2.75) is 6.92 Å². The van der Waals surface area contributed by atoms with Gasteiger partial charge in [0.15, 0.2) is 11.5 Å². The van der Waals surface area contributed by atoms with Crippen molar-refractivity contribution in [1.29, 1.82) is 0 Å². The zero-order valence-corrected chi connectivity index (χ0v) is 15.3. The Morgan fingerprint density at radius 2 is 1.86 bits per heavy atom. The number of furan rings is 1. The molecule has 0 atom stereocenters. The van der Waals surface area contributed by atoms with Crippen molar-refractivity contribution >= 4 is 29.3 Å². The van der Waals surface area contributed by atoms with Gasteiger partial charge in [0.25, 0.3) is 11.8 Å². The fraction of sp³-hybridized carbons (Fsp3) is 0.158. The van der Waals surface area contributed by atoms with Crippen molar-refractivity contribution in [2.24, 2.45) is 7.05 Å². The largest absolute Gasteiger partial charge is 0.462 e. The summed E-state index contributed by atoms with van der Waals surface area (Å²) in [4.78, 5) is 36.1.